The van der Waals surface area contributed by atoms with E-state index in [1.165, 1.54) is 4.90 Å². The van der Waals surface area contributed by atoms with Gasteiger partial charge in [-0.25, -0.2) is 4.79 Å². The highest BCUT2D eigenvalue weighted by atomic mass is 16.4. The van der Waals surface area contributed by atoms with Gasteiger partial charge in [0.05, 0.1) is 11.7 Å². The van der Waals surface area contributed by atoms with Gasteiger partial charge < -0.3 is 20.4 Å². The minimum atomic E-state index is -0.931. The Hall–Kier alpha value is -1.32. The monoisotopic (exact) mass is 227 g/mol. The van der Waals surface area contributed by atoms with Crippen LogP contribution < -0.4 is 5.32 Å². The molecule has 0 aromatic carbocycles. The Bertz CT molecular complexity index is 280. The zero-order valence-electron chi connectivity index (χ0n) is 9.15. The SMILES string of the molecule is N#CCCNCC1(O)CCN(C(=O)O)CC1. The zero-order valence-corrected chi connectivity index (χ0v) is 9.15. The lowest BCUT2D eigenvalue weighted by atomic mass is 9.91. The second kappa shape index (κ2) is 5.68. The minimum absolute atomic E-state index is 0.367. The van der Waals surface area contributed by atoms with Gasteiger partial charge in [-0.1, -0.05) is 0 Å². The van der Waals surface area contributed by atoms with Gasteiger partial charge in [0.1, 0.15) is 0 Å². The lowest BCUT2D eigenvalue weighted by molar-refractivity contribution is -0.0153. The topological polar surface area (TPSA) is 96.6 Å². The van der Waals surface area contributed by atoms with Gasteiger partial charge in [-0.2, -0.15) is 5.26 Å². The molecule has 90 valence electrons. The number of likely N-dealkylation sites (tertiary alicyclic amines) is 1. The van der Waals surface area contributed by atoms with Crippen LogP contribution in [-0.4, -0.2) is 53.0 Å². The van der Waals surface area contributed by atoms with Crippen molar-refractivity contribution in [3.63, 3.8) is 0 Å². The van der Waals surface area contributed by atoms with Crippen molar-refractivity contribution in [2.45, 2.75) is 24.9 Å². The molecule has 0 radical (unpaired) electrons. The molecule has 1 amide bonds. The van der Waals surface area contributed by atoms with Gasteiger partial charge >= 0.3 is 6.09 Å². The highest BCUT2D eigenvalue weighted by molar-refractivity contribution is 5.65. The van der Waals surface area contributed by atoms with Gasteiger partial charge in [0.15, 0.2) is 0 Å². The lowest BCUT2D eigenvalue weighted by Crippen LogP contribution is -2.51. The third-order valence-electron chi connectivity index (χ3n) is 2.83. The summed E-state index contributed by atoms with van der Waals surface area (Å²) in [6, 6.07) is 2.01. The molecule has 1 fully saturated rings. The number of nitrogens with zero attached hydrogens (tertiary/aromatic N) is 2. The van der Waals surface area contributed by atoms with Crippen LogP contribution in [-0.2, 0) is 0 Å². The quantitative estimate of drug-likeness (QED) is 0.587. The molecular formula is C10H17N3O3. The summed E-state index contributed by atoms with van der Waals surface area (Å²) in [6.07, 6.45) is 0.370. The van der Waals surface area contributed by atoms with Crippen molar-refractivity contribution >= 4 is 6.09 Å². The number of hydrogen-bond donors (Lipinski definition) is 3. The predicted octanol–water partition coefficient (Wildman–Crippen LogP) is -0.00542. The molecule has 0 spiro atoms. The predicted molar refractivity (Wildman–Crippen MR) is 56.9 cm³/mol. The van der Waals surface area contributed by atoms with E-state index in [9.17, 15) is 9.90 Å². The Balaban J connectivity index is 2.27. The molecule has 3 N–H and O–H groups in total. The number of rotatable bonds is 4. The average Bonchev–Trinajstić information content (AvgIpc) is 2.25. The molecule has 0 saturated carbocycles. The molecule has 1 aliphatic rings. The number of amides is 1. The molecular weight excluding hydrogens is 210 g/mol. The first kappa shape index (κ1) is 12.7. The third-order valence-corrected chi connectivity index (χ3v) is 2.83. The maximum Gasteiger partial charge on any atom is 0.407 e. The first-order chi connectivity index (χ1) is 7.57. The number of hydrogen-bond acceptors (Lipinski definition) is 4. The minimum Gasteiger partial charge on any atom is -0.465 e. The summed E-state index contributed by atoms with van der Waals surface area (Å²) >= 11 is 0. The largest absolute Gasteiger partial charge is 0.465 e. The Labute approximate surface area is 94.5 Å². The highest BCUT2D eigenvalue weighted by Gasteiger charge is 2.33. The highest BCUT2D eigenvalue weighted by Crippen LogP contribution is 2.21. The molecule has 1 heterocycles. The third kappa shape index (κ3) is 3.68. The molecule has 6 nitrogen and oxygen atoms in total. The van der Waals surface area contributed by atoms with Gasteiger partial charge in [0, 0.05) is 32.6 Å². The first-order valence-corrected chi connectivity index (χ1v) is 5.35. The van der Waals surface area contributed by atoms with E-state index in [1.54, 1.807) is 0 Å². The normalized spacial score (nSPS) is 19.1. The van der Waals surface area contributed by atoms with Crippen LogP contribution in [0, 0.1) is 11.3 Å². The molecule has 0 atom stereocenters. The van der Waals surface area contributed by atoms with Gasteiger partial charge in [0.25, 0.3) is 0 Å². The van der Waals surface area contributed by atoms with E-state index < -0.39 is 11.7 Å². The summed E-state index contributed by atoms with van der Waals surface area (Å²) in [6.45, 7) is 1.71. The first-order valence-electron chi connectivity index (χ1n) is 5.35. The van der Waals surface area contributed by atoms with Crippen molar-refractivity contribution < 1.29 is 15.0 Å². The van der Waals surface area contributed by atoms with Crippen LogP contribution in [0.4, 0.5) is 4.79 Å². The summed E-state index contributed by atoms with van der Waals surface area (Å²) in [5.74, 6) is 0. The molecule has 0 aliphatic carbocycles. The standard InChI is InChI=1S/C10H17N3O3/c11-4-1-5-12-8-10(16)2-6-13(7-3-10)9(14)15/h12,16H,1-3,5-8H2,(H,14,15). The fourth-order valence-corrected chi connectivity index (χ4v) is 1.76. The van der Waals surface area contributed by atoms with E-state index in [0.717, 1.165) is 0 Å². The van der Waals surface area contributed by atoms with Crippen molar-refractivity contribution in [3.8, 4) is 6.07 Å². The van der Waals surface area contributed by atoms with E-state index in [4.69, 9.17) is 10.4 Å². The van der Waals surface area contributed by atoms with Crippen molar-refractivity contribution in [3.05, 3.63) is 0 Å². The van der Waals surface area contributed by atoms with Crippen molar-refractivity contribution in [2.75, 3.05) is 26.2 Å². The van der Waals surface area contributed by atoms with Crippen LogP contribution in [0.5, 0.6) is 0 Å². The van der Waals surface area contributed by atoms with Crippen LogP contribution in [0.1, 0.15) is 19.3 Å². The second-order valence-corrected chi connectivity index (χ2v) is 4.08. The van der Waals surface area contributed by atoms with Crippen LogP contribution >= 0.6 is 0 Å². The van der Waals surface area contributed by atoms with E-state index in [0.29, 0.717) is 45.4 Å². The van der Waals surface area contributed by atoms with Crippen molar-refractivity contribution in [2.24, 2.45) is 0 Å². The van der Waals surface area contributed by atoms with E-state index in [-0.39, 0.29) is 0 Å². The smallest absolute Gasteiger partial charge is 0.407 e. The van der Waals surface area contributed by atoms with Crippen LogP contribution in [0.15, 0.2) is 0 Å². The molecule has 0 bridgehead atoms. The number of nitriles is 1. The lowest BCUT2D eigenvalue weighted by Gasteiger charge is -2.37. The zero-order chi connectivity index (χ0) is 12.0. The molecule has 1 rings (SSSR count). The number of piperidine rings is 1. The van der Waals surface area contributed by atoms with Crippen molar-refractivity contribution in [1.82, 2.24) is 10.2 Å². The number of carbonyl (C=O) groups is 1. The Morgan fingerprint density at radius 3 is 2.62 bits per heavy atom. The van der Waals surface area contributed by atoms with E-state index in [1.807, 2.05) is 6.07 Å². The van der Waals surface area contributed by atoms with Gasteiger partial charge in [-0.05, 0) is 12.8 Å². The fraction of sp³-hybridized carbons (Fsp3) is 0.800. The Kier molecular flexibility index (Phi) is 4.52. The van der Waals surface area contributed by atoms with E-state index >= 15 is 0 Å². The van der Waals surface area contributed by atoms with Gasteiger partial charge in [-0.3, -0.25) is 0 Å². The van der Waals surface area contributed by atoms with Crippen LogP contribution in [0.25, 0.3) is 0 Å². The van der Waals surface area contributed by atoms with Crippen LogP contribution in [0.3, 0.4) is 0 Å². The maximum absolute atomic E-state index is 10.7. The summed E-state index contributed by atoms with van der Waals surface area (Å²) in [7, 11) is 0. The second-order valence-electron chi connectivity index (χ2n) is 4.08. The fourth-order valence-electron chi connectivity index (χ4n) is 1.76. The molecule has 0 aromatic rings. The van der Waals surface area contributed by atoms with Gasteiger partial charge in [-0.15, -0.1) is 0 Å². The molecule has 1 aliphatic heterocycles. The Morgan fingerprint density at radius 1 is 1.50 bits per heavy atom. The van der Waals surface area contributed by atoms with E-state index in [2.05, 4.69) is 5.32 Å². The molecule has 6 heteroatoms. The summed E-state index contributed by atoms with van der Waals surface area (Å²) in [4.78, 5) is 12.0. The summed E-state index contributed by atoms with van der Waals surface area (Å²) < 4.78 is 0. The van der Waals surface area contributed by atoms with Gasteiger partial charge in [0.2, 0.25) is 0 Å². The number of aliphatic hydroxyl groups is 1. The van der Waals surface area contributed by atoms with Crippen LogP contribution in [0.2, 0.25) is 0 Å². The Morgan fingerprint density at radius 2 is 2.12 bits per heavy atom. The average molecular weight is 227 g/mol. The maximum atomic E-state index is 10.7. The molecule has 0 unspecified atom stereocenters. The molecule has 16 heavy (non-hydrogen) atoms. The van der Waals surface area contributed by atoms with Crippen molar-refractivity contribution in [1.29, 1.82) is 5.26 Å². The summed E-state index contributed by atoms with van der Waals surface area (Å²) in [5.41, 5.74) is -0.832. The molecule has 1 saturated heterocycles. The number of carboxylic acid groups (broad SMARTS) is 1. The summed E-state index contributed by atoms with van der Waals surface area (Å²) in [5, 5.41) is 30.2. The number of nitrogens with one attached hydrogen (secondary N) is 1. The molecule has 0 aromatic heterocycles.